The second-order valence-corrected chi connectivity index (χ2v) is 9.30. The van der Waals surface area contributed by atoms with Crippen molar-refractivity contribution in [3.8, 4) is 5.69 Å². The Bertz CT molecular complexity index is 999. The van der Waals surface area contributed by atoms with Gasteiger partial charge >= 0.3 is 5.97 Å². The highest BCUT2D eigenvalue weighted by Crippen LogP contribution is 2.48. The lowest BCUT2D eigenvalue weighted by atomic mass is 9.63. The summed E-state index contributed by atoms with van der Waals surface area (Å²) < 4.78 is 6.77. The highest BCUT2D eigenvalue weighted by atomic mass is 16.5. The van der Waals surface area contributed by atoms with E-state index in [0.717, 1.165) is 68.0 Å². The number of piperidine rings is 2. The third-order valence-corrected chi connectivity index (χ3v) is 7.57. The average molecular weight is 439 g/mol. The van der Waals surface area contributed by atoms with E-state index in [1.807, 2.05) is 25.1 Å². The first-order valence-electron chi connectivity index (χ1n) is 11.4. The molecule has 0 aliphatic carbocycles. The van der Waals surface area contributed by atoms with Crippen molar-refractivity contribution in [2.75, 3.05) is 32.8 Å². The maximum atomic E-state index is 11.6. The standard InChI is InChI=1S/C23H30N6O3/c1-16-10-18(29-15-25-26-27-29)2-3-20(16)21(30)11-17-13-28(19-12-22(31)32-14-19)9-6-23(17)4-7-24-8-5-23/h2-3,10,12,15,17,21,24,30H,4-9,11,13-14H2,1H3/t17-,21?/m0/s1. The predicted molar refractivity (Wildman–Crippen MR) is 117 cm³/mol. The summed E-state index contributed by atoms with van der Waals surface area (Å²) in [7, 11) is 0. The Hall–Kier alpha value is -2.78. The molecule has 0 amide bonds. The number of rotatable bonds is 5. The van der Waals surface area contributed by atoms with E-state index in [-0.39, 0.29) is 11.4 Å². The van der Waals surface area contributed by atoms with Crippen LogP contribution in [0.2, 0.25) is 0 Å². The SMILES string of the molecule is Cc1cc(-n2cnnn2)ccc1C(O)C[C@H]1CN(C2=CC(=O)OC2)CCC12CCNCC2. The predicted octanol–water partition coefficient (Wildman–Crippen LogP) is 1.53. The Morgan fingerprint density at radius 1 is 1.31 bits per heavy atom. The first-order chi connectivity index (χ1) is 15.5. The fraction of sp³-hybridized carbons (Fsp3) is 0.565. The van der Waals surface area contributed by atoms with Crippen LogP contribution >= 0.6 is 0 Å². The molecule has 0 saturated carbocycles. The molecule has 0 bridgehead atoms. The van der Waals surface area contributed by atoms with E-state index in [2.05, 4.69) is 25.7 Å². The van der Waals surface area contributed by atoms with Crippen LogP contribution in [0, 0.1) is 18.3 Å². The van der Waals surface area contributed by atoms with Crippen LogP contribution in [0.25, 0.3) is 5.69 Å². The summed E-state index contributed by atoms with van der Waals surface area (Å²) >= 11 is 0. The fourth-order valence-corrected chi connectivity index (χ4v) is 5.68. The van der Waals surface area contributed by atoms with Crippen LogP contribution in [0.15, 0.2) is 36.3 Å². The van der Waals surface area contributed by atoms with Crippen molar-refractivity contribution < 1.29 is 14.6 Å². The summed E-state index contributed by atoms with van der Waals surface area (Å²) in [6.07, 6.45) is 6.67. The summed E-state index contributed by atoms with van der Waals surface area (Å²) in [5.41, 5.74) is 4.05. The number of hydrogen-bond acceptors (Lipinski definition) is 8. The average Bonchev–Trinajstić information content (AvgIpc) is 3.48. The minimum absolute atomic E-state index is 0.229. The van der Waals surface area contributed by atoms with Gasteiger partial charge in [0.05, 0.1) is 17.5 Å². The Balaban J connectivity index is 1.36. The number of cyclic esters (lactones) is 1. The maximum Gasteiger partial charge on any atom is 0.333 e. The van der Waals surface area contributed by atoms with Gasteiger partial charge in [-0.1, -0.05) is 6.07 Å². The molecule has 1 aromatic carbocycles. The fourth-order valence-electron chi connectivity index (χ4n) is 5.68. The van der Waals surface area contributed by atoms with Gasteiger partial charge in [0, 0.05) is 19.2 Å². The Morgan fingerprint density at radius 3 is 2.84 bits per heavy atom. The van der Waals surface area contributed by atoms with E-state index in [1.165, 1.54) is 0 Å². The molecule has 9 heteroatoms. The van der Waals surface area contributed by atoms with Gasteiger partial charge in [0.1, 0.15) is 12.9 Å². The van der Waals surface area contributed by atoms with Crippen molar-refractivity contribution in [2.24, 2.45) is 11.3 Å². The van der Waals surface area contributed by atoms with Crippen molar-refractivity contribution in [1.82, 2.24) is 30.4 Å². The number of nitrogens with zero attached hydrogens (tertiary/aromatic N) is 5. The number of nitrogens with one attached hydrogen (secondary N) is 1. The van der Waals surface area contributed by atoms with Gasteiger partial charge in [0.15, 0.2) is 0 Å². The largest absolute Gasteiger partial charge is 0.456 e. The molecule has 1 spiro atoms. The number of carbonyl (C=O) groups is 1. The zero-order valence-electron chi connectivity index (χ0n) is 18.4. The van der Waals surface area contributed by atoms with Gasteiger partial charge in [-0.05, 0) is 90.7 Å². The number of esters is 1. The molecule has 2 saturated heterocycles. The first kappa shape index (κ1) is 21.1. The maximum absolute atomic E-state index is 11.6. The van der Waals surface area contributed by atoms with Gasteiger partial charge in [-0.25, -0.2) is 9.48 Å². The molecule has 170 valence electrons. The second kappa shape index (κ2) is 8.63. The molecular formula is C23H30N6O3. The second-order valence-electron chi connectivity index (χ2n) is 9.30. The highest BCUT2D eigenvalue weighted by molar-refractivity contribution is 5.85. The number of hydrogen-bond donors (Lipinski definition) is 2. The lowest BCUT2D eigenvalue weighted by Gasteiger charge is -2.51. The van der Waals surface area contributed by atoms with Gasteiger partial charge in [-0.3, -0.25) is 0 Å². The number of likely N-dealkylation sites (tertiary alicyclic amines) is 1. The van der Waals surface area contributed by atoms with Gasteiger partial charge in [0.2, 0.25) is 0 Å². The highest BCUT2D eigenvalue weighted by Gasteiger charge is 2.45. The van der Waals surface area contributed by atoms with Crippen LogP contribution in [0.4, 0.5) is 0 Å². The van der Waals surface area contributed by atoms with Crippen molar-refractivity contribution >= 4 is 5.97 Å². The molecule has 9 nitrogen and oxygen atoms in total. The van der Waals surface area contributed by atoms with E-state index in [0.29, 0.717) is 18.9 Å². The minimum atomic E-state index is -0.551. The topological polar surface area (TPSA) is 105 Å². The van der Waals surface area contributed by atoms with Crippen LogP contribution in [-0.4, -0.2) is 69.0 Å². The monoisotopic (exact) mass is 438 g/mol. The molecule has 2 aromatic rings. The molecule has 2 fully saturated rings. The summed E-state index contributed by atoms with van der Waals surface area (Å²) in [6, 6.07) is 5.94. The van der Waals surface area contributed by atoms with Crippen molar-refractivity contribution in [3.05, 3.63) is 47.4 Å². The summed E-state index contributed by atoms with van der Waals surface area (Å²) in [5.74, 6) is 0.0839. The Kier molecular flexibility index (Phi) is 5.69. The van der Waals surface area contributed by atoms with Crippen molar-refractivity contribution in [1.29, 1.82) is 0 Å². The minimum Gasteiger partial charge on any atom is -0.456 e. The molecule has 2 atom stereocenters. The Labute approximate surface area is 187 Å². The lowest BCUT2D eigenvalue weighted by molar-refractivity contribution is -0.135. The number of aliphatic hydroxyl groups is 1. The van der Waals surface area contributed by atoms with Gasteiger partial charge < -0.3 is 20.1 Å². The first-order valence-corrected chi connectivity index (χ1v) is 11.4. The number of tetrazole rings is 1. The summed E-state index contributed by atoms with van der Waals surface area (Å²) in [6.45, 7) is 6.22. The zero-order chi connectivity index (χ0) is 22.1. The number of aryl methyl sites for hydroxylation is 1. The van der Waals surface area contributed by atoms with Gasteiger partial charge in [-0.2, -0.15) is 0 Å². The molecule has 2 N–H and O–H groups in total. The van der Waals surface area contributed by atoms with E-state index in [1.54, 1.807) is 17.1 Å². The zero-order valence-corrected chi connectivity index (χ0v) is 18.4. The van der Waals surface area contributed by atoms with Crippen LogP contribution in [0.1, 0.15) is 42.9 Å². The molecule has 1 aromatic heterocycles. The number of carbonyl (C=O) groups excluding carboxylic acids is 1. The molecular weight excluding hydrogens is 408 g/mol. The number of benzene rings is 1. The molecule has 3 aliphatic rings. The molecule has 4 heterocycles. The van der Waals surface area contributed by atoms with Crippen molar-refractivity contribution in [2.45, 2.75) is 38.7 Å². The molecule has 0 radical (unpaired) electrons. The number of aliphatic hydroxyl groups excluding tert-OH is 1. The third kappa shape index (κ3) is 4.02. The van der Waals surface area contributed by atoms with Crippen LogP contribution in [0.5, 0.6) is 0 Å². The van der Waals surface area contributed by atoms with Gasteiger partial charge in [0.25, 0.3) is 0 Å². The normalized spacial score (nSPS) is 23.8. The van der Waals surface area contributed by atoms with E-state index < -0.39 is 6.10 Å². The van der Waals surface area contributed by atoms with E-state index >= 15 is 0 Å². The summed E-state index contributed by atoms with van der Waals surface area (Å²) in [4.78, 5) is 13.9. The van der Waals surface area contributed by atoms with Crippen LogP contribution in [0.3, 0.4) is 0 Å². The van der Waals surface area contributed by atoms with Gasteiger partial charge in [-0.15, -0.1) is 5.10 Å². The number of ether oxygens (including phenoxy) is 1. The van der Waals surface area contributed by atoms with Crippen molar-refractivity contribution in [3.63, 3.8) is 0 Å². The molecule has 3 aliphatic heterocycles. The Morgan fingerprint density at radius 2 is 2.16 bits per heavy atom. The van der Waals surface area contributed by atoms with Crippen LogP contribution < -0.4 is 5.32 Å². The summed E-state index contributed by atoms with van der Waals surface area (Å²) in [5, 5.41) is 26.1. The quantitative estimate of drug-likeness (QED) is 0.677. The van der Waals surface area contributed by atoms with E-state index in [4.69, 9.17) is 4.74 Å². The number of aromatic nitrogens is 4. The van der Waals surface area contributed by atoms with Crippen LogP contribution in [-0.2, 0) is 9.53 Å². The molecule has 5 rings (SSSR count). The molecule has 1 unspecified atom stereocenters. The van der Waals surface area contributed by atoms with E-state index in [9.17, 15) is 9.90 Å². The smallest absolute Gasteiger partial charge is 0.333 e. The lowest BCUT2D eigenvalue weighted by Crippen LogP contribution is -2.51. The molecule has 32 heavy (non-hydrogen) atoms. The third-order valence-electron chi connectivity index (χ3n) is 7.57.